The molecule has 0 radical (unpaired) electrons. The first kappa shape index (κ1) is 12.7. The molecule has 4 rings (SSSR count). The molecule has 0 atom stereocenters. The van der Waals surface area contributed by atoms with Gasteiger partial charge in [-0.1, -0.05) is 18.2 Å². The van der Waals surface area contributed by atoms with Gasteiger partial charge in [-0.05, 0) is 13.0 Å². The molecular formula is C16H12N4O2. The molecule has 0 aliphatic rings. The lowest BCUT2D eigenvalue weighted by molar-refractivity contribution is 0.518. The lowest BCUT2D eigenvalue weighted by Crippen LogP contribution is -2.22. The van der Waals surface area contributed by atoms with Gasteiger partial charge < -0.3 is 4.42 Å². The predicted octanol–water partition coefficient (Wildman–Crippen LogP) is 2.29. The second kappa shape index (κ2) is 4.77. The van der Waals surface area contributed by atoms with Crippen molar-refractivity contribution >= 4 is 22.1 Å². The van der Waals surface area contributed by atoms with Gasteiger partial charge >= 0.3 is 0 Å². The molecule has 22 heavy (non-hydrogen) atoms. The zero-order valence-electron chi connectivity index (χ0n) is 11.9. The van der Waals surface area contributed by atoms with Crippen molar-refractivity contribution in [2.75, 3.05) is 0 Å². The number of fused-ring (bicyclic) bond motifs is 2. The number of hydrogen-bond donors (Lipinski definition) is 0. The number of nitrogens with zero attached hydrogens (tertiary/aromatic N) is 4. The highest BCUT2D eigenvalue weighted by Crippen LogP contribution is 2.25. The van der Waals surface area contributed by atoms with Crippen LogP contribution >= 0.6 is 0 Å². The van der Waals surface area contributed by atoms with Crippen LogP contribution in [0.3, 0.4) is 0 Å². The molecule has 0 aliphatic carbocycles. The lowest BCUT2D eigenvalue weighted by Gasteiger charge is -2.04. The molecule has 0 aliphatic heterocycles. The summed E-state index contributed by atoms with van der Waals surface area (Å²) in [6.45, 7) is 2.30. The van der Waals surface area contributed by atoms with Crippen molar-refractivity contribution in [1.82, 2.24) is 19.5 Å². The van der Waals surface area contributed by atoms with Crippen molar-refractivity contribution in [3.8, 4) is 0 Å². The minimum Gasteiger partial charge on any atom is -0.459 e. The summed E-state index contributed by atoms with van der Waals surface area (Å²) in [5, 5.41) is 1.05. The Morgan fingerprint density at radius 3 is 2.82 bits per heavy atom. The van der Waals surface area contributed by atoms with Crippen LogP contribution in [0.15, 0.2) is 52.2 Å². The molecule has 4 aromatic rings. The van der Waals surface area contributed by atoms with Crippen molar-refractivity contribution in [2.24, 2.45) is 0 Å². The second-order valence-corrected chi connectivity index (χ2v) is 5.05. The molecule has 3 heterocycles. The molecule has 0 unspecified atom stereocenters. The molecule has 6 nitrogen and oxygen atoms in total. The quantitative estimate of drug-likeness (QED) is 0.566. The van der Waals surface area contributed by atoms with Gasteiger partial charge in [0.1, 0.15) is 17.7 Å². The molecule has 0 N–H and O–H groups in total. The van der Waals surface area contributed by atoms with Crippen LogP contribution in [0.1, 0.15) is 11.3 Å². The maximum absolute atomic E-state index is 12.4. The summed E-state index contributed by atoms with van der Waals surface area (Å²) in [5.41, 5.74) is 2.24. The summed E-state index contributed by atoms with van der Waals surface area (Å²) < 4.78 is 7.33. The third-order valence-electron chi connectivity index (χ3n) is 3.72. The molecule has 0 fully saturated rings. The Morgan fingerprint density at radius 2 is 1.95 bits per heavy atom. The van der Waals surface area contributed by atoms with Gasteiger partial charge in [0.25, 0.3) is 5.56 Å². The number of aryl methyl sites for hydroxylation is 1. The van der Waals surface area contributed by atoms with E-state index in [-0.39, 0.29) is 11.1 Å². The summed E-state index contributed by atoms with van der Waals surface area (Å²) in [6.07, 6.45) is 4.48. The molecule has 0 saturated carbocycles. The van der Waals surface area contributed by atoms with Crippen LogP contribution in [0.5, 0.6) is 0 Å². The smallest absolute Gasteiger partial charge is 0.281 e. The van der Waals surface area contributed by atoms with E-state index in [1.807, 2.05) is 31.2 Å². The van der Waals surface area contributed by atoms with Crippen LogP contribution in [0.25, 0.3) is 22.1 Å². The Kier molecular flexibility index (Phi) is 2.75. The molecular weight excluding hydrogens is 280 g/mol. The molecule has 6 heteroatoms. The van der Waals surface area contributed by atoms with Crippen LogP contribution in [0, 0.1) is 6.92 Å². The van der Waals surface area contributed by atoms with Crippen molar-refractivity contribution in [3.63, 3.8) is 0 Å². The topological polar surface area (TPSA) is 73.8 Å². The summed E-state index contributed by atoms with van der Waals surface area (Å²) in [4.78, 5) is 24.7. The van der Waals surface area contributed by atoms with Gasteiger partial charge in [-0.2, -0.15) is 0 Å². The van der Waals surface area contributed by atoms with E-state index in [1.165, 1.54) is 23.3 Å². The summed E-state index contributed by atoms with van der Waals surface area (Å²) in [7, 11) is 0. The van der Waals surface area contributed by atoms with Crippen LogP contribution in [0.4, 0.5) is 0 Å². The average molecular weight is 292 g/mol. The van der Waals surface area contributed by atoms with Gasteiger partial charge in [-0.25, -0.2) is 15.0 Å². The number of benzene rings is 1. The fourth-order valence-corrected chi connectivity index (χ4v) is 2.53. The maximum Gasteiger partial charge on any atom is 0.281 e. The zero-order valence-corrected chi connectivity index (χ0v) is 11.9. The molecule has 0 bridgehead atoms. The van der Waals surface area contributed by atoms with E-state index < -0.39 is 0 Å². The molecule has 0 amide bonds. The van der Waals surface area contributed by atoms with E-state index >= 15 is 0 Å². The van der Waals surface area contributed by atoms with Gasteiger partial charge in [-0.15, -0.1) is 0 Å². The SMILES string of the molecule is Cc1c(Cn2cnc3nccnc3c2=O)oc2ccccc12. The lowest BCUT2D eigenvalue weighted by atomic mass is 10.1. The Balaban J connectivity index is 1.84. The van der Waals surface area contributed by atoms with E-state index in [9.17, 15) is 4.79 Å². The minimum atomic E-state index is -0.224. The monoisotopic (exact) mass is 292 g/mol. The summed E-state index contributed by atoms with van der Waals surface area (Å²) >= 11 is 0. The minimum absolute atomic E-state index is 0.224. The number of hydrogen-bond acceptors (Lipinski definition) is 5. The number of para-hydroxylation sites is 1. The zero-order chi connectivity index (χ0) is 15.1. The molecule has 0 spiro atoms. The second-order valence-electron chi connectivity index (χ2n) is 5.05. The first-order valence-electron chi connectivity index (χ1n) is 6.87. The van der Waals surface area contributed by atoms with Crippen molar-refractivity contribution < 1.29 is 4.42 Å². The highest BCUT2D eigenvalue weighted by Gasteiger charge is 2.12. The molecule has 108 valence electrons. The molecule has 3 aromatic heterocycles. The van der Waals surface area contributed by atoms with E-state index in [4.69, 9.17) is 4.42 Å². The van der Waals surface area contributed by atoms with Gasteiger partial charge in [-0.3, -0.25) is 9.36 Å². The maximum atomic E-state index is 12.4. The highest BCUT2D eigenvalue weighted by molar-refractivity contribution is 5.81. The first-order chi connectivity index (χ1) is 10.7. The van der Waals surface area contributed by atoms with E-state index in [1.54, 1.807) is 0 Å². The Hall–Kier alpha value is -3.02. The van der Waals surface area contributed by atoms with Crippen LogP contribution in [-0.4, -0.2) is 19.5 Å². The third kappa shape index (κ3) is 1.88. The van der Waals surface area contributed by atoms with E-state index in [0.29, 0.717) is 12.2 Å². The van der Waals surface area contributed by atoms with Crippen LogP contribution in [0.2, 0.25) is 0 Å². The number of rotatable bonds is 2. The number of furan rings is 1. The van der Waals surface area contributed by atoms with E-state index in [2.05, 4.69) is 15.0 Å². The van der Waals surface area contributed by atoms with Gasteiger partial charge in [0.2, 0.25) is 0 Å². The van der Waals surface area contributed by atoms with Crippen LogP contribution < -0.4 is 5.56 Å². The van der Waals surface area contributed by atoms with Gasteiger partial charge in [0.15, 0.2) is 11.2 Å². The normalized spacial score (nSPS) is 11.3. The first-order valence-corrected chi connectivity index (χ1v) is 6.87. The van der Waals surface area contributed by atoms with Crippen molar-refractivity contribution in [2.45, 2.75) is 13.5 Å². The Labute approximate surface area is 125 Å². The fraction of sp³-hybridized carbons (Fsp3) is 0.125. The molecule has 1 aromatic carbocycles. The van der Waals surface area contributed by atoms with Crippen molar-refractivity contribution in [1.29, 1.82) is 0 Å². The Bertz CT molecular complexity index is 1050. The largest absolute Gasteiger partial charge is 0.459 e. The fourth-order valence-electron chi connectivity index (χ4n) is 2.53. The Morgan fingerprint density at radius 1 is 1.14 bits per heavy atom. The van der Waals surface area contributed by atoms with Gasteiger partial charge in [0.05, 0.1) is 6.54 Å². The number of aromatic nitrogens is 4. The van der Waals surface area contributed by atoms with Crippen LogP contribution in [-0.2, 0) is 6.54 Å². The molecule has 0 saturated heterocycles. The third-order valence-corrected chi connectivity index (χ3v) is 3.72. The standard InChI is InChI=1S/C16H12N4O2/c1-10-11-4-2-3-5-12(11)22-13(10)8-20-9-19-15-14(16(20)21)17-6-7-18-15/h2-7,9H,8H2,1H3. The van der Waals surface area contributed by atoms with E-state index in [0.717, 1.165) is 22.3 Å². The average Bonchev–Trinajstić information content (AvgIpc) is 2.87. The summed E-state index contributed by atoms with van der Waals surface area (Å²) in [6, 6.07) is 7.81. The summed E-state index contributed by atoms with van der Waals surface area (Å²) in [5.74, 6) is 0.744. The van der Waals surface area contributed by atoms with Crippen molar-refractivity contribution in [3.05, 3.63) is 64.7 Å². The van der Waals surface area contributed by atoms with Gasteiger partial charge in [0, 0.05) is 23.3 Å². The highest BCUT2D eigenvalue weighted by atomic mass is 16.3. The predicted molar refractivity (Wildman–Crippen MR) is 81.6 cm³/mol.